The molecule has 1 saturated carbocycles. The molecule has 0 bridgehead atoms. The van der Waals surface area contributed by atoms with Gasteiger partial charge >= 0.3 is 0 Å². The average molecular weight is 207 g/mol. The topological polar surface area (TPSA) is 61.0 Å². The quantitative estimate of drug-likeness (QED) is 0.824. The number of hydrogen-bond acceptors (Lipinski definition) is 4. The van der Waals surface area contributed by atoms with Crippen LogP contribution in [-0.2, 0) is 0 Å². The van der Waals surface area contributed by atoms with E-state index in [1.165, 1.54) is 6.42 Å². The first-order valence-electron chi connectivity index (χ1n) is 5.46. The Morgan fingerprint density at radius 1 is 1.40 bits per heavy atom. The largest absolute Gasteiger partial charge is 0.474 e. The minimum Gasteiger partial charge on any atom is -0.474 e. The average Bonchev–Trinajstić information content (AvgIpc) is 2.10. The minimum atomic E-state index is 0.275. The number of rotatable bonds is 3. The first-order chi connectivity index (χ1) is 7.15. The van der Waals surface area contributed by atoms with Crippen LogP contribution in [0.2, 0.25) is 0 Å². The van der Waals surface area contributed by atoms with Crippen LogP contribution in [-0.4, -0.2) is 16.1 Å². The maximum atomic E-state index is 5.70. The summed E-state index contributed by atoms with van der Waals surface area (Å²) < 4.78 is 5.69. The zero-order valence-electron chi connectivity index (χ0n) is 9.23. The number of anilines is 1. The fourth-order valence-corrected chi connectivity index (χ4v) is 1.44. The van der Waals surface area contributed by atoms with E-state index in [4.69, 9.17) is 10.5 Å². The first-order valence-corrected chi connectivity index (χ1v) is 5.46. The Morgan fingerprint density at radius 2 is 2.13 bits per heavy atom. The van der Waals surface area contributed by atoms with Crippen molar-refractivity contribution in [2.75, 3.05) is 5.73 Å². The van der Waals surface area contributed by atoms with E-state index in [0.717, 1.165) is 18.7 Å². The molecule has 0 unspecified atom stereocenters. The molecule has 82 valence electrons. The standard InChI is InChI=1S/C11H17N3O/c1-7(2)11-13-9(12)6-10(14-11)15-8-4-3-5-8/h6-8H,3-5H2,1-2H3,(H2,12,13,14). The van der Waals surface area contributed by atoms with Gasteiger partial charge < -0.3 is 10.5 Å². The molecule has 0 radical (unpaired) electrons. The van der Waals surface area contributed by atoms with Crippen LogP contribution >= 0.6 is 0 Å². The van der Waals surface area contributed by atoms with Gasteiger partial charge in [-0.25, -0.2) is 4.98 Å². The lowest BCUT2D eigenvalue weighted by Gasteiger charge is -2.25. The van der Waals surface area contributed by atoms with Crippen molar-refractivity contribution in [2.45, 2.75) is 45.1 Å². The van der Waals surface area contributed by atoms with E-state index in [1.54, 1.807) is 6.07 Å². The first kappa shape index (κ1) is 10.2. The van der Waals surface area contributed by atoms with Gasteiger partial charge in [-0.05, 0) is 19.3 Å². The van der Waals surface area contributed by atoms with Crippen molar-refractivity contribution in [3.63, 3.8) is 0 Å². The van der Waals surface area contributed by atoms with Crippen LogP contribution in [0.25, 0.3) is 0 Å². The van der Waals surface area contributed by atoms with Gasteiger partial charge in [0.15, 0.2) is 0 Å². The van der Waals surface area contributed by atoms with E-state index < -0.39 is 0 Å². The van der Waals surface area contributed by atoms with Gasteiger partial charge in [0, 0.05) is 12.0 Å². The van der Waals surface area contributed by atoms with E-state index in [9.17, 15) is 0 Å². The zero-order valence-corrected chi connectivity index (χ0v) is 9.23. The predicted molar refractivity (Wildman–Crippen MR) is 58.8 cm³/mol. The SMILES string of the molecule is CC(C)c1nc(N)cc(OC2CCC2)n1. The third kappa shape index (κ3) is 2.37. The highest BCUT2D eigenvalue weighted by Crippen LogP contribution is 2.25. The molecular formula is C11H17N3O. The molecule has 1 aromatic rings. The Balaban J connectivity index is 2.15. The third-order valence-electron chi connectivity index (χ3n) is 2.60. The second kappa shape index (κ2) is 4.04. The Bertz CT molecular complexity index is 348. The summed E-state index contributed by atoms with van der Waals surface area (Å²) in [5, 5.41) is 0. The molecular weight excluding hydrogens is 190 g/mol. The summed E-state index contributed by atoms with van der Waals surface area (Å²) in [5.74, 6) is 2.14. The fraction of sp³-hybridized carbons (Fsp3) is 0.636. The molecule has 2 rings (SSSR count). The van der Waals surface area contributed by atoms with Crippen molar-refractivity contribution in [3.05, 3.63) is 11.9 Å². The molecule has 15 heavy (non-hydrogen) atoms. The van der Waals surface area contributed by atoms with Gasteiger partial charge in [-0.3, -0.25) is 0 Å². The monoisotopic (exact) mass is 207 g/mol. The van der Waals surface area contributed by atoms with Crippen molar-refractivity contribution in [3.8, 4) is 5.88 Å². The lowest BCUT2D eigenvalue weighted by Crippen LogP contribution is -2.25. The van der Waals surface area contributed by atoms with Gasteiger partial charge in [-0.15, -0.1) is 0 Å². The Labute approximate surface area is 89.9 Å². The van der Waals surface area contributed by atoms with Crippen LogP contribution in [0.5, 0.6) is 5.88 Å². The Morgan fingerprint density at radius 3 is 2.67 bits per heavy atom. The van der Waals surface area contributed by atoms with E-state index in [-0.39, 0.29) is 5.92 Å². The highest BCUT2D eigenvalue weighted by atomic mass is 16.5. The normalized spacial score (nSPS) is 16.5. The van der Waals surface area contributed by atoms with E-state index >= 15 is 0 Å². The van der Waals surface area contributed by atoms with Gasteiger partial charge in [0.25, 0.3) is 0 Å². The van der Waals surface area contributed by atoms with Crippen molar-refractivity contribution in [2.24, 2.45) is 0 Å². The van der Waals surface area contributed by atoms with Crippen LogP contribution in [0.3, 0.4) is 0 Å². The predicted octanol–water partition coefficient (Wildman–Crippen LogP) is 2.11. The Kier molecular flexibility index (Phi) is 2.75. The van der Waals surface area contributed by atoms with Gasteiger partial charge in [-0.2, -0.15) is 4.98 Å². The summed E-state index contributed by atoms with van der Waals surface area (Å²) in [5.41, 5.74) is 5.70. The van der Waals surface area contributed by atoms with Crippen molar-refractivity contribution >= 4 is 5.82 Å². The summed E-state index contributed by atoms with van der Waals surface area (Å²) in [6.45, 7) is 4.09. The summed E-state index contributed by atoms with van der Waals surface area (Å²) in [4.78, 5) is 8.51. The highest BCUT2D eigenvalue weighted by molar-refractivity contribution is 5.33. The molecule has 0 saturated heterocycles. The van der Waals surface area contributed by atoms with Crippen LogP contribution < -0.4 is 10.5 Å². The maximum Gasteiger partial charge on any atom is 0.219 e. The molecule has 0 spiro atoms. The lowest BCUT2D eigenvalue weighted by atomic mass is 9.96. The van der Waals surface area contributed by atoms with Crippen molar-refractivity contribution in [1.82, 2.24) is 9.97 Å². The van der Waals surface area contributed by atoms with Crippen LogP contribution in [0.1, 0.15) is 44.9 Å². The van der Waals surface area contributed by atoms with E-state index in [2.05, 4.69) is 9.97 Å². The van der Waals surface area contributed by atoms with Crippen molar-refractivity contribution in [1.29, 1.82) is 0 Å². The lowest BCUT2D eigenvalue weighted by molar-refractivity contribution is 0.114. The number of ether oxygens (including phenoxy) is 1. The number of nitrogens with zero attached hydrogens (tertiary/aromatic N) is 2. The van der Waals surface area contributed by atoms with E-state index in [0.29, 0.717) is 17.8 Å². The smallest absolute Gasteiger partial charge is 0.219 e. The van der Waals surface area contributed by atoms with Gasteiger partial charge in [0.05, 0.1) is 0 Å². The van der Waals surface area contributed by atoms with Crippen LogP contribution in [0.4, 0.5) is 5.82 Å². The molecule has 4 heteroatoms. The molecule has 0 amide bonds. The minimum absolute atomic E-state index is 0.275. The number of hydrogen-bond donors (Lipinski definition) is 1. The molecule has 2 N–H and O–H groups in total. The molecule has 0 atom stereocenters. The van der Waals surface area contributed by atoms with Gasteiger partial charge in [0.1, 0.15) is 17.7 Å². The third-order valence-corrected chi connectivity index (χ3v) is 2.60. The van der Waals surface area contributed by atoms with Crippen molar-refractivity contribution < 1.29 is 4.74 Å². The summed E-state index contributed by atoms with van der Waals surface area (Å²) in [6, 6.07) is 1.70. The summed E-state index contributed by atoms with van der Waals surface area (Å²) in [7, 11) is 0. The molecule has 0 aliphatic heterocycles. The summed E-state index contributed by atoms with van der Waals surface area (Å²) in [6.07, 6.45) is 3.84. The molecule has 1 aromatic heterocycles. The van der Waals surface area contributed by atoms with Gasteiger partial charge in [0.2, 0.25) is 5.88 Å². The summed E-state index contributed by atoms with van der Waals surface area (Å²) >= 11 is 0. The second-order valence-corrected chi connectivity index (χ2v) is 4.31. The zero-order chi connectivity index (χ0) is 10.8. The molecule has 1 fully saturated rings. The second-order valence-electron chi connectivity index (χ2n) is 4.31. The molecule has 1 aliphatic carbocycles. The van der Waals surface area contributed by atoms with Crippen LogP contribution in [0, 0.1) is 0 Å². The molecule has 1 heterocycles. The fourth-order valence-electron chi connectivity index (χ4n) is 1.44. The highest BCUT2D eigenvalue weighted by Gasteiger charge is 2.20. The Hall–Kier alpha value is -1.32. The molecule has 1 aliphatic rings. The number of nitrogen functional groups attached to an aromatic ring is 1. The maximum absolute atomic E-state index is 5.70. The number of aromatic nitrogens is 2. The number of nitrogens with two attached hydrogens (primary N) is 1. The van der Waals surface area contributed by atoms with Crippen LogP contribution in [0.15, 0.2) is 6.07 Å². The van der Waals surface area contributed by atoms with E-state index in [1.807, 2.05) is 13.8 Å². The molecule has 0 aromatic carbocycles. The molecule has 4 nitrogen and oxygen atoms in total. The van der Waals surface area contributed by atoms with Gasteiger partial charge in [-0.1, -0.05) is 13.8 Å².